The number of esters is 2. The van der Waals surface area contributed by atoms with Gasteiger partial charge >= 0.3 is 11.9 Å². The molecule has 0 saturated heterocycles. The van der Waals surface area contributed by atoms with Crippen molar-refractivity contribution in [2.75, 3.05) is 32.1 Å². The molecule has 2 aromatic rings. The maximum absolute atomic E-state index is 12.7. The van der Waals surface area contributed by atoms with Crippen LogP contribution in [0, 0.1) is 17.0 Å². The first kappa shape index (κ1) is 26.2. The third-order valence-electron chi connectivity index (χ3n) is 4.43. The first-order chi connectivity index (χ1) is 15.6. The molecule has 0 aliphatic rings. The first-order valence-corrected chi connectivity index (χ1v) is 11.2. The van der Waals surface area contributed by atoms with E-state index in [4.69, 9.17) is 21.1 Å². The number of carbonyl (C=O) groups is 3. The molecule has 0 aliphatic heterocycles. The fourth-order valence-corrected chi connectivity index (χ4v) is 4.28. The van der Waals surface area contributed by atoms with E-state index in [2.05, 4.69) is 5.32 Å². The van der Waals surface area contributed by atoms with Gasteiger partial charge in [-0.25, -0.2) is 9.59 Å². The maximum Gasteiger partial charge on any atom is 0.348 e. The quantitative estimate of drug-likeness (QED) is 0.296. The molecule has 0 saturated carbocycles. The van der Waals surface area contributed by atoms with Gasteiger partial charge in [-0.1, -0.05) is 11.6 Å². The molecule has 0 unspecified atom stereocenters. The van der Waals surface area contributed by atoms with Crippen molar-refractivity contribution in [1.82, 2.24) is 4.90 Å². The van der Waals surface area contributed by atoms with Crippen molar-refractivity contribution in [3.8, 4) is 0 Å². The van der Waals surface area contributed by atoms with Crippen molar-refractivity contribution in [1.29, 1.82) is 0 Å². The maximum atomic E-state index is 12.7. The molecular weight excluding hydrogens is 474 g/mol. The average Bonchev–Trinajstić information content (AvgIpc) is 3.05. The van der Waals surface area contributed by atoms with Crippen LogP contribution in [0.4, 0.5) is 10.7 Å². The fourth-order valence-electron chi connectivity index (χ4n) is 3.00. The molecule has 0 spiro atoms. The van der Waals surface area contributed by atoms with Crippen molar-refractivity contribution in [2.24, 2.45) is 0 Å². The number of benzene rings is 1. The molecule has 0 radical (unpaired) electrons. The molecule has 10 nitrogen and oxygen atoms in total. The minimum absolute atomic E-state index is 0.0997. The number of non-ortho nitro benzene ring substituents is 1. The minimum atomic E-state index is -0.658. The van der Waals surface area contributed by atoms with Crippen LogP contribution in [0.2, 0.25) is 5.02 Å². The number of thiophene rings is 1. The number of ether oxygens (including phenoxy) is 2. The monoisotopic (exact) mass is 497 g/mol. The molecule has 178 valence electrons. The summed E-state index contributed by atoms with van der Waals surface area (Å²) in [6.45, 7) is 5.27. The van der Waals surface area contributed by atoms with Crippen LogP contribution < -0.4 is 5.32 Å². The highest BCUT2D eigenvalue weighted by Gasteiger charge is 2.27. The number of carbonyl (C=O) groups excluding carboxylic acids is 3. The van der Waals surface area contributed by atoms with E-state index < -0.39 is 22.8 Å². The van der Waals surface area contributed by atoms with Gasteiger partial charge in [0.15, 0.2) is 0 Å². The lowest BCUT2D eigenvalue weighted by atomic mass is 10.1. The van der Waals surface area contributed by atoms with Gasteiger partial charge in [-0.3, -0.25) is 19.8 Å². The molecule has 1 amide bonds. The molecule has 1 aromatic carbocycles. The number of nitro groups is 1. The van der Waals surface area contributed by atoms with Crippen LogP contribution in [-0.4, -0.2) is 54.5 Å². The number of nitrogens with one attached hydrogen (secondary N) is 1. The van der Waals surface area contributed by atoms with E-state index in [1.807, 2.05) is 0 Å². The van der Waals surface area contributed by atoms with Crippen LogP contribution in [0.3, 0.4) is 0 Å². The summed E-state index contributed by atoms with van der Waals surface area (Å²) in [6.07, 6.45) is 0. The molecule has 1 aromatic heterocycles. The molecule has 12 heteroatoms. The van der Waals surface area contributed by atoms with E-state index in [-0.39, 0.29) is 47.4 Å². The smallest absolute Gasteiger partial charge is 0.348 e. The highest BCUT2D eigenvalue weighted by atomic mass is 35.5. The Kier molecular flexibility index (Phi) is 9.32. The Balaban J connectivity index is 2.19. The molecule has 1 N–H and O–H groups in total. The number of amides is 1. The van der Waals surface area contributed by atoms with Gasteiger partial charge in [-0.05, 0) is 45.0 Å². The number of rotatable bonds is 10. The SMILES string of the molecule is CCOC(=O)c1sc(NC(=O)CN(C)Cc2cc([N+](=O)[O-])ccc2Cl)c(C(=O)OCC)c1C. The molecule has 1 heterocycles. The zero-order chi connectivity index (χ0) is 24.7. The normalized spacial score (nSPS) is 10.7. The zero-order valence-corrected chi connectivity index (χ0v) is 20.2. The lowest BCUT2D eigenvalue weighted by Gasteiger charge is -2.17. The van der Waals surface area contributed by atoms with E-state index in [0.29, 0.717) is 16.1 Å². The second kappa shape index (κ2) is 11.7. The third-order valence-corrected chi connectivity index (χ3v) is 5.99. The molecule has 0 fully saturated rings. The Labute approximate surface area is 199 Å². The molecule has 0 bridgehead atoms. The van der Waals surface area contributed by atoms with Crippen LogP contribution in [0.1, 0.15) is 45.0 Å². The van der Waals surface area contributed by atoms with Gasteiger partial charge in [0.2, 0.25) is 5.91 Å². The summed E-state index contributed by atoms with van der Waals surface area (Å²) in [6, 6.07) is 4.08. The summed E-state index contributed by atoms with van der Waals surface area (Å²) in [7, 11) is 1.64. The summed E-state index contributed by atoms with van der Waals surface area (Å²) < 4.78 is 10.1. The summed E-state index contributed by atoms with van der Waals surface area (Å²) in [5.74, 6) is -1.71. The number of hydrogen-bond acceptors (Lipinski definition) is 9. The third kappa shape index (κ3) is 6.73. The predicted molar refractivity (Wildman–Crippen MR) is 124 cm³/mol. The number of halogens is 1. The summed E-state index contributed by atoms with van der Waals surface area (Å²) in [5.41, 5.74) is 0.850. The molecule has 0 atom stereocenters. The predicted octanol–water partition coefficient (Wildman–Crippen LogP) is 4.04. The second-order valence-electron chi connectivity index (χ2n) is 6.95. The standard InChI is InChI=1S/C21H24ClN3O7S/c1-5-31-20(27)17-12(3)18(21(28)32-6-2)33-19(17)23-16(26)11-24(4)10-13-9-14(25(29)30)7-8-15(13)22/h7-9H,5-6,10-11H2,1-4H3,(H,23,26). The van der Waals surface area contributed by atoms with E-state index >= 15 is 0 Å². The first-order valence-electron chi connectivity index (χ1n) is 9.97. The number of anilines is 1. The number of nitro benzene ring substituents is 1. The summed E-state index contributed by atoms with van der Waals surface area (Å²) in [5, 5.41) is 14.2. The van der Waals surface area contributed by atoms with Gasteiger partial charge in [0.25, 0.3) is 5.69 Å². The Morgan fingerprint density at radius 2 is 1.82 bits per heavy atom. The zero-order valence-electron chi connectivity index (χ0n) is 18.6. The molecule has 2 rings (SSSR count). The fraction of sp³-hybridized carbons (Fsp3) is 0.381. The van der Waals surface area contributed by atoms with Gasteiger partial charge in [-0.2, -0.15) is 0 Å². The van der Waals surface area contributed by atoms with Crippen molar-refractivity contribution < 1.29 is 28.8 Å². The second-order valence-corrected chi connectivity index (χ2v) is 8.38. The highest BCUT2D eigenvalue weighted by Crippen LogP contribution is 2.34. The van der Waals surface area contributed by atoms with Crippen LogP contribution in [-0.2, 0) is 20.8 Å². The van der Waals surface area contributed by atoms with E-state index in [1.165, 1.54) is 18.2 Å². The molecule has 0 aliphatic carbocycles. The summed E-state index contributed by atoms with van der Waals surface area (Å²) >= 11 is 7.06. The average molecular weight is 498 g/mol. The van der Waals surface area contributed by atoms with Gasteiger partial charge in [0.1, 0.15) is 9.88 Å². The van der Waals surface area contributed by atoms with Crippen molar-refractivity contribution in [3.63, 3.8) is 0 Å². The number of hydrogen-bond donors (Lipinski definition) is 1. The largest absolute Gasteiger partial charge is 0.462 e. The number of nitrogens with zero attached hydrogens (tertiary/aromatic N) is 2. The molecule has 33 heavy (non-hydrogen) atoms. The minimum Gasteiger partial charge on any atom is -0.462 e. The van der Waals surface area contributed by atoms with Gasteiger partial charge in [0, 0.05) is 23.7 Å². The van der Waals surface area contributed by atoms with Crippen LogP contribution in [0.25, 0.3) is 0 Å². The lowest BCUT2D eigenvalue weighted by molar-refractivity contribution is -0.384. The van der Waals surface area contributed by atoms with Crippen LogP contribution in [0.15, 0.2) is 18.2 Å². The Bertz CT molecular complexity index is 1070. The van der Waals surface area contributed by atoms with Gasteiger partial charge in [-0.15, -0.1) is 11.3 Å². The van der Waals surface area contributed by atoms with Crippen molar-refractivity contribution in [3.05, 3.63) is 54.9 Å². The highest BCUT2D eigenvalue weighted by molar-refractivity contribution is 7.18. The lowest BCUT2D eigenvalue weighted by Crippen LogP contribution is -2.30. The van der Waals surface area contributed by atoms with Crippen LogP contribution >= 0.6 is 22.9 Å². The summed E-state index contributed by atoms with van der Waals surface area (Å²) in [4.78, 5) is 49.6. The Morgan fingerprint density at radius 3 is 2.42 bits per heavy atom. The number of likely N-dealkylation sites (N-methyl/N-ethyl adjacent to an activating group) is 1. The van der Waals surface area contributed by atoms with Gasteiger partial charge < -0.3 is 14.8 Å². The van der Waals surface area contributed by atoms with E-state index in [9.17, 15) is 24.5 Å². The van der Waals surface area contributed by atoms with Gasteiger partial charge in [0.05, 0.1) is 30.2 Å². The Hall–Kier alpha value is -3.02. The van der Waals surface area contributed by atoms with E-state index in [1.54, 1.807) is 32.7 Å². The topological polar surface area (TPSA) is 128 Å². The van der Waals surface area contributed by atoms with Crippen molar-refractivity contribution in [2.45, 2.75) is 27.3 Å². The van der Waals surface area contributed by atoms with Crippen molar-refractivity contribution >= 4 is 51.5 Å². The van der Waals surface area contributed by atoms with E-state index in [0.717, 1.165) is 11.3 Å². The molecular formula is C21H24ClN3O7S. The Morgan fingerprint density at radius 1 is 1.18 bits per heavy atom. The van der Waals surface area contributed by atoms with Crippen LogP contribution in [0.5, 0.6) is 0 Å².